The van der Waals surface area contributed by atoms with Crippen LogP contribution >= 0.6 is 0 Å². The third-order valence-electron chi connectivity index (χ3n) is 3.35. The van der Waals surface area contributed by atoms with Gasteiger partial charge < -0.3 is 19.4 Å². The highest BCUT2D eigenvalue weighted by atomic mass is 32.2. The molecule has 0 aliphatic carbocycles. The minimum Gasteiger partial charge on any atom is -0.497 e. The molecule has 7 nitrogen and oxygen atoms in total. The smallest absolute Gasteiger partial charge is 0.223 e. The van der Waals surface area contributed by atoms with Crippen molar-refractivity contribution in [1.29, 1.82) is 0 Å². The van der Waals surface area contributed by atoms with Crippen LogP contribution in [0.1, 0.15) is 5.69 Å². The molecule has 2 aromatic heterocycles. The molecule has 0 radical (unpaired) electrons. The van der Waals surface area contributed by atoms with E-state index in [0.717, 1.165) is 5.52 Å². The summed E-state index contributed by atoms with van der Waals surface area (Å²) >= 11 is 0. The van der Waals surface area contributed by atoms with E-state index >= 15 is 0 Å². The van der Waals surface area contributed by atoms with Crippen molar-refractivity contribution < 1.29 is 13.7 Å². The lowest BCUT2D eigenvalue weighted by molar-refractivity contribution is 0.404. The SMILES string of the molecule is COc1ccc2nc(S(=O)Cc3[nH]ccc(=O)c3OC)[nH]c2c1. The molecule has 1 atom stereocenters. The molecule has 3 aromatic rings. The van der Waals surface area contributed by atoms with Gasteiger partial charge in [0.05, 0.1) is 47.5 Å². The summed E-state index contributed by atoms with van der Waals surface area (Å²) in [5, 5.41) is 0.333. The fourth-order valence-electron chi connectivity index (χ4n) is 2.24. The molecular weight excluding hydrogens is 318 g/mol. The van der Waals surface area contributed by atoms with E-state index in [2.05, 4.69) is 15.0 Å². The van der Waals surface area contributed by atoms with Gasteiger partial charge in [-0.15, -0.1) is 0 Å². The average Bonchev–Trinajstić information content (AvgIpc) is 2.98. The number of nitrogens with zero attached hydrogens (tertiary/aromatic N) is 1. The first-order valence-electron chi connectivity index (χ1n) is 6.79. The quantitative estimate of drug-likeness (QED) is 0.739. The first-order valence-corrected chi connectivity index (χ1v) is 8.11. The average molecular weight is 333 g/mol. The van der Waals surface area contributed by atoms with Crippen LogP contribution in [0.2, 0.25) is 0 Å². The van der Waals surface area contributed by atoms with Crippen LogP contribution in [0.15, 0.2) is 40.4 Å². The van der Waals surface area contributed by atoms with Crippen molar-refractivity contribution >= 4 is 21.8 Å². The van der Waals surface area contributed by atoms with Crippen LogP contribution in [0.5, 0.6) is 11.5 Å². The standard InChI is InChI=1S/C15H15N3O4S/c1-21-9-3-4-10-11(7-9)18-15(17-10)23(20)8-12-14(22-2)13(19)5-6-16-12/h3-7H,8H2,1-2H3,(H,16,19)(H,17,18). The summed E-state index contributed by atoms with van der Waals surface area (Å²) in [4.78, 5) is 22.0. The van der Waals surface area contributed by atoms with Crippen LogP contribution in [0, 0.1) is 0 Å². The zero-order valence-corrected chi connectivity index (χ0v) is 13.4. The van der Waals surface area contributed by atoms with Gasteiger partial charge in [-0.1, -0.05) is 0 Å². The van der Waals surface area contributed by atoms with Gasteiger partial charge in [0, 0.05) is 18.3 Å². The van der Waals surface area contributed by atoms with Crippen molar-refractivity contribution in [3.63, 3.8) is 0 Å². The van der Waals surface area contributed by atoms with Crippen molar-refractivity contribution in [2.45, 2.75) is 10.9 Å². The topological polar surface area (TPSA) is 97.1 Å². The molecule has 0 saturated heterocycles. The fourth-order valence-corrected chi connectivity index (χ4v) is 3.28. The zero-order valence-electron chi connectivity index (χ0n) is 12.6. The minimum absolute atomic E-state index is 0.0935. The number of aromatic nitrogens is 3. The molecule has 120 valence electrons. The van der Waals surface area contributed by atoms with E-state index in [1.165, 1.54) is 19.4 Å². The van der Waals surface area contributed by atoms with Crippen molar-refractivity contribution in [3.8, 4) is 11.5 Å². The molecule has 0 aliphatic heterocycles. The monoisotopic (exact) mass is 333 g/mol. The maximum atomic E-state index is 12.5. The number of fused-ring (bicyclic) bond motifs is 1. The number of benzene rings is 1. The second kappa shape index (κ2) is 6.25. The fraction of sp³-hybridized carbons (Fsp3) is 0.200. The van der Waals surface area contributed by atoms with Gasteiger partial charge in [0.15, 0.2) is 10.9 Å². The summed E-state index contributed by atoms with van der Waals surface area (Å²) in [6.45, 7) is 0. The summed E-state index contributed by atoms with van der Waals surface area (Å²) in [5.74, 6) is 0.946. The Morgan fingerprint density at radius 2 is 2.04 bits per heavy atom. The zero-order chi connectivity index (χ0) is 16.4. The first kappa shape index (κ1) is 15.3. The highest BCUT2D eigenvalue weighted by molar-refractivity contribution is 7.84. The van der Waals surface area contributed by atoms with Crippen molar-refractivity contribution in [3.05, 3.63) is 46.4 Å². The lowest BCUT2D eigenvalue weighted by Crippen LogP contribution is -2.11. The van der Waals surface area contributed by atoms with Gasteiger partial charge in [0.25, 0.3) is 0 Å². The lowest BCUT2D eigenvalue weighted by Gasteiger charge is -2.05. The Balaban J connectivity index is 1.92. The maximum absolute atomic E-state index is 12.5. The molecule has 0 bridgehead atoms. The molecular formula is C15H15N3O4S. The number of rotatable bonds is 5. The predicted octanol–water partition coefficient (Wildman–Crippen LogP) is 1.58. The van der Waals surface area contributed by atoms with Crippen LogP contribution < -0.4 is 14.9 Å². The molecule has 0 amide bonds. The molecule has 0 fully saturated rings. The third-order valence-corrected chi connectivity index (χ3v) is 4.53. The molecule has 0 aliphatic rings. The molecule has 1 aromatic carbocycles. The van der Waals surface area contributed by atoms with E-state index in [4.69, 9.17) is 9.47 Å². The Labute approximate surface area is 134 Å². The Hall–Kier alpha value is -2.61. The molecule has 1 unspecified atom stereocenters. The van der Waals surface area contributed by atoms with E-state index in [-0.39, 0.29) is 16.9 Å². The van der Waals surface area contributed by atoms with Crippen LogP contribution in [0.4, 0.5) is 0 Å². The molecule has 8 heteroatoms. The van der Waals surface area contributed by atoms with E-state index < -0.39 is 10.8 Å². The van der Waals surface area contributed by atoms with Crippen LogP contribution in [-0.2, 0) is 16.6 Å². The second-order valence-electron chi connectivity index (χ2n) is 4.77. The number of H-pyrrole nitrogens is 2. The van der Waals surface area contributed by atoms with Crippen molar-refractivity contribution in [1.82, 2.24) is 15.0 Å². The number of ether oxygens (including phenoxy) is 2. The lowest BCUT2D eigenvalue weighted by atomic mass is 10.3. The largest absolute Gasteiger partial charge is 0.497 e. The van der Waals surface area contributed by atoms with Gasteiger partial charge in [0.1, 0.15) is 5.75 Å². The number of aromatic amines is 2. The summed E-state index contributed by atoms with van der Waals surface area (Å²) in [6, 6.07) is 6.72. The number of nitrogens with one attached hydrogen (secondary N) is 2. The Kier molecular flexibility index (Phi) is 4.16. The predicted molar refractivity (Wildman–Crippen MR) is 86.4 cm³/mol. The Bertz CT molecular complexity index is 932. The molecule has 0 spiro atoms. The van der Waals surface area contributed by atoms with E-state index in [9.17, 15) is 9.00 Å². The van der Waals surface area contributed by atoms with Crippen LogP contribution in [-0.4, -0.2) is 33.4 Å². The Morgan fingerprint density at radius 3 is 2.78 bits per heavy atom. The van der Waals surface area contributed by atoms with Gasteiger partial charge in [-0.3, -0.25) is 9.00 Å². The number of imidazole rings is 1. The molecule has 23 heavy (non-hydrogen) atoms. The van der Waals surface area contributed by atoms with Gasteiger partial charge >= 0.3 is 0 Å². The van der Waals surface area contributed by atoms with E-state index in [1.807, 2.05) is 0 Å². The van der Waals surface area contributed by atoms with E-state index in [0.29, 0.717) is 22.1 Å². The van der Waals surface area contributed by atoms with Gasteiger partial charge in [-0.05, 0) is 12.1 Å². The van der Waals surface area contributed by atoms with Gasteiger partial charge in [-0.2, -0.15) is 0 Å². The molecule has 2 heterocycles. The van der Waals surface area contributed by atoms with Crippen LogP contribution in [0.3, 0.4) is 0 Å². The van der Waals surface area contributed by atoms with Crippen molar-refractivity contribution in [2.24, 2.45) is 0 Å². The summed E-state index contributed by atoms with van der Waals surface area (Å²) < 4.78 is 22.8. The normalized spacial score (nSPS) is 12.3. The third kappa shape index (κ3) is 2.98. The summed E-state index contributed by atoms with van der Waals surface area (Å²) in [7, 11) is 1.53. The number of hydrogen-bond acceptors (Lipinski definition) is 5. The van der Waals surface area contributed by atoms with Crippen molar-refractivity contribution in [2.75, 3.05) is 14.2 Å². The van der Waals surface area contributed by atoms with Crippen LogP contribution in [0.25, 0.3) is 11.0 Å². The number of methoxy groups -OCH3 is 2. The number of hydrogen-bond donors (Lipinski definition) is 2. The molecule has 2 N–H and O–H groups in total. The van der Waals surface area contributed by atoms with E-state index in [1.54, 1.807) is 25.3 Å². The molecule has 3 rings (SSSR count). The highest BCUT2D eigenvalue weighted by Gasteiger charge is 2.15. The Morgan fingerprint density at radius 1 is 1.22 bits per heavy atom. The minimum atomic E-state index is -1.45. The second-order valence-corrected chi connectivity index (χ2v) is 6.14. The molecule has 0 saturated carbocycles. The number of pyridine rings is 1. The summed E-state index contributed by atoms with van der Waals surface area (Å²) in [6.07, 6.45) is 1.50. The summed E-state index contributed by atoms with van der Waals surface area (Å²) in [5.41, 5.74) is 1.65. The van der Waals surface area contributed by atoms with Gasteiger partial charge in [0.2, 0.25) is 5.43 Å². The highest BCUT2D eigenvalue weighted by Crippen LogP contribution is 2.21. The first-order chi connectivity index (χ1) is 11.1. The maximum Gasteiger partial charge on any atom is 0.223 e. The van der Waals surface area contributed by atoms with Gasteiger partial charge in [-0.25, -0.2) is 4.98 Å².